The number of pyridine rings is 2. The van der Waals surface area contributed by atoms with Gasteiger partial charge in [-0.1, -0.05) is 6.92 Å². The van der Waals surface area contributed by atoms with Gasteiger partial charge < -0.3 is 15.0 Å². The zero-order valence-electron chi connectivity index (χ0n) is 18.9. The third kappa shape index (κ3) is 3.49. The van der Waals surface area contributed by atoms with Crippen LogP contribution in [0.5, 0.6) is 5.75 Å². The van der Waals surface area contributed by atoms with Crippen molar-refractivity contribution in [3.05, 3.63) is 54.4 Å². The van der Waals surface area contributed by atoms with Crippen molar-refractivity contribution in [3.63, 3.8) is 0 Å². The van der Waals surface area contributed by atoms with Gasteiger partial charge >= 0.3 is 0 Å². The first kappa shape index (κ1) is 20.7. The Labute approximate surface area is 195 Å². The van der Waals surface area contributed by atoms with Crippen molar-refractivity contribution in [1.29, 1.82) is 0 Å². The van der Waals surface area contributed by atoms with Crippen LogP contribution in [0.1, 0.15) is 25.0 Å². The Morgan fingerprint density at radius 2 is 2.00 bits per heavy atom. The number of hydrogen-bond acceptors (Lipinski definition) is 6. The molecule has 2 unspecified atom stereocenters. The molecule has 9 heteroatoms. The minimum atomic E-state index is -0.383. The van der Waals surface area contributed by atoms with E-state index in [0.29, 0.717) is 45.7 Å². The summed E-state index contributed by atoms with van der Waals surface area (Å²) in [6, 6.07) is 6.69. The normalized spacial score (nSPS) is 18.6. The maximum Gasteiger partial charge on any atom is 0.159 e. The Hall–Kier alpha value is -3.85. The van der Waals surface area contributed by atoms with Gasteiger partial charge in [0, 0.05) is 41.4 Å². The molecular formula is C25H24FN7O. The number of H-pyrrole nitrogens is 2. The minimum Gasteiger partial charge on any atom is -0.497 e. The molecule has 0 bridgehead atoms. The fourth-order valence-electron chi connectivity index (χ4n) is 4.79. The molecule has 3 N–H and O–H groups in total. The first-order chi connectivity index (χ1) is 16.6. The summed E-state index contributed by atoms with van der Waals surface area (Å²) in [5.74, 6) is 1.59. The molecule has 8 nitrogen and oxygen atoms in total. The standard InChI is InChI=1S/C25H24FN7O/c1-13-3-4-27-9-18(13)20-8-17-21(12-29-20)32-33-24(17)25-30-22-11-28-10-19(23(22)31-25)14-5-15(26)7-16(6-14)34-2/h5-8,10-13,18,27H,3-4,9H2,1-2H3,(H,30,31)(H,32,33). The quantitative estimate of drug-likeness (QED) is 0.369. The van der Waals surface area contributed by atoms with Crippen LogP contribution in [0.3, 0.4) is 0 Å². The topological polar surface area (TPSA) is 104 Å². The Bertz CT molecular complexity index is 1510. The summed E-state index contributed by atoms with van der Waals surface area (Å²) in [5, 5.41) is 12.0. The first-order valence-electron chi connectivity index (χ1n) is 11.3. The Morgan fingerprint density at radius 1 is 1.09 bits per heavy atom. The molecule has 1 aliphatic heterocycles. The molecule has 34 heavy (non-hydrogen) atoms. The molecule has 2 atom stereocenters. The van der Waals surface area contributed by atoms with Gasteiger partial charge in [0.15, 0.2) is 5.82 Å². The van der Waals surface area contributed by atoms with Crippen molar-refractivity contribution in [2.45, 2.75) is 19.3 Å². The van der Waals surface area contributed by atoms with E-state index in [1.54, 1.807) is 18.5 Å². The van der Waals surface area contributed by atoms with Crippen molar-refractivity contribution in [2.24, 2.45) is 5.92 Å². The Balaban J connectivity index is 1.46. The van der Waals surface area contributed by atoms with Crippen molar-refractivity contribution >= 4 is 21.9 Å². The number of hydrogen-bond donors (Lipinski definition) is 3. The number of halogens is 1. The van der Waals surface area contributed by atoms with Crippen LogP contribution < -0.4 is 10.1 Å². The van der Waals surface area contributed by atoms with Gasteiger partial charge in [-0.3, -0.25) is 15.1 Å². The lowest BCUT2D eigenvalue weighted by molar-refractivity contribution is 0.343. The van der Waals surface area contributed by atoms with E-state index < -0.39 is 0 Å². The zero-order chi connectivity index (χ0) is 23.2. The summed E-state index contributed by atoms with van der Waals surface area (Å²) in [6.45, 7) is 4.25. The van der Waals surface area contributed by atoms with Crippen molar-refractivity contribution in [3.8, 4) is 28.4 Å². The smallest absolute Gasteiger partial charge is 0.159 e. The van der Waals surface area contributed by atoms with Gasteiger partial charge in [0.05, 0.1) is 36.1 Å². The highest BCUT2D eigenvalue weighted by Gasteiger charge is 2.25. The average Bonchev–Trinajstić information content (AvgIpc) is 3.47. The van der Waals surface area contributed by atoms with Crippen LogP contribution in [0.4, 0.5) is 4.39 Å². The summed E-state index contributed by atoms with van der Waals surface area (Å²) < 4.78 is 19.4. The number of ether oxygens (including phenoxy) is 1. The summed E-state index contributed by atoms with van der Waals surface area (Å²) in [4.78, 5) is 17.2. The van der Waals surface area contributed by atoms with Gasteiger partial charge in [-0.05, 0) is 42.6 Å². The third-order valence-electron chi connectivity index (χ3n) is 6.71. The third-order valence-corrected chi connectivity index (χ3v) is 6.71. The maximum absolute atomic E-state index is 14.2. The van der Waals surface area contributed by atoms with Crippen LogP contribution in [0.15, 0.2) is 42.9 Å². The second kappa shape index (κ2) is 8.18. The van der Waals surface area contributed by atoms with E-state index in [2.05, 4.69) is 38.5 Å². The molecule has 0 amide bonds. The molecule has 1 aromatic carbocycles. The molecule has 5 heterocycles. The second-order valence-electron chi connectivity index (χ2n) is 8.85. The molecular weight excluding hydrogens is 433 g/mol. The number of rotatable bonds is 4. The molecule has 0 aliphatic carbocycles. The lowest BCUT2D eigenvalue weighted by Crippen LogP contribution is -2.34. The maximum atomic E-state index is 14.2. The number of methoxy groups -OCH3 is 1. The zero-order valence-corrected chi connectivity index (χ0v) is 18.9. The van der Waals surface area contributed by atoms with E-state index >= 15 is 0 Å². The van der Waals surface area contributed by atoms with Gasteiger partial charge in [-0.15, -0.1) is 0 Å². The van der Waals surface area contributed by atoms with Gasteiger partial charge in [0.1, 0.15) is 17.3 Å². The number of nitrogens with zero attached hydrogens (tertiary/aromatic N) is 4. The molecule has 1 aliphatic rings. The predicted molar refractivity (Wildman–Crippen MR) is 128 cm³/mol. The van der Waals surface area contributed by atoms with E-state index in [4.69, 9.17) is 14.7 Å². The monoisotopic (exact) mass is 457 g/mol. The van der Waals surface area contributed by atoms with Gasteiger partial charge in [-0.25, -0.2) is 9.37 Å². The SMILES string of the molecule is COc1cc(F)cc(-c2cncc3[nH]c(-c4n[nH]c5cnc(C6CNCCC6C)cc45)nc23)c1. The van der Waals surface area contributed by atoms with E-state index in [9.17, 15) is 4.39 Å². The van der Waals surface area contributed by atoms with E-state index in [1.807, 2.05) is 6.20 Å². The predicted octanol–water partition coefficient (Wildman–Crippen LogP) is 4.42. The second-order valence-corrected chi connectivity index (χ2v) is 8.85. The molecule has 6 rings (SSSR count). The fourth-order valence-corrected chi connectivity index (χ4v) is 4.79. The lowest BCUT2D eigenvalue weighted by Gasteiger charge is -2.29. The molecule has 1 saturated heterocycles. The lowest BCUT2D eigenvalue weighted by atomic mass is 9.85. The molecule has 4 aromatic heterocycles. The molecule has 0 saturated carbocycles. The first-order valence-corrected chi connectivity index (χ1v) is 11.3. The molecule has 1 fully saturated rings. The fraction of sp³-hybridized carbons (Fsp3) is 0.280. The Kier molecular flexibility index (Phi) is 4.99. The highest BCUT2D eigenvalue weighted by atomic mass is 19.1. The molecule has 172 valence electrons. The number of aromatic nitrogens is 6. The summed E-state index contributed by atoms with van der Waals surface area (Å²) in [6.07, 6.45) is 6.37. The van der Waals surface area contributed by atoms with Crippen molar-refractivity contribution in [1.82, 2.24) is 35.5 Å². The van der Waals surface area contributed by atoms with E-state index in [0.717, 1.165) is 41.6 Å². The van der Waals surface area contributed by atoms with Crippen LogP contribution in [0.25, 0.3) is 44.6 Å². The number of aromatic amines is 2. The highest BCUT2D eigenvalue weighted by Crippen LogP contribution is 2.34. The summed E-state index contributed by atoms with van der Waals surface area (Å²) >= 11 is 0. The molecule has 0 radical (unpaired) electrons. The largest absolute Gasteiger partial charge is 0.497 e. The van der Waals surface area contributed by atoms with Crippen LogP contribution in [0.2, 0.25) is 0 Å². The van der Waals surface area contributed by atoms with Gasteiger partial charge in [-0.2, -0.15) is 5.10 Å². The van der Waals surface area contributed by atoms with Crippen molar-refractivity contribution < 1.29 is 9.13 Å². The number of piperidine rings is 1. The van der Waals surface area contributed by atoms with Gasteiger partial charge in [0.25, 0.3) is 0 Å². The van der Waals surface area contributed by atoms with Crippen molar-refractivity contribution in [2.75, 3.05) is 20.2 Å². The summed E-state index contributed by atoms with van der Waals surface area (Å²) in [5.41, 5.74) is 5.41. The highest BCUT2D eigenvalue weighted by molar-refractivity contribution is 5.96. The van der Waals surface area contributed by atoms with Crippen LogP contribution >= 0.6 is 0 Å². The number of benzene rings is 1. The average molecular weight is 458 g/mol. The van der Waals surface area contributed by atoms with Gasteiger partial charge in [0.2, 0.25) is 0 Å². The van der Waals surface area contributed by atoms with Crippen LogP contribution in [0, 0.1) is 11.7 Å². The Morgan fingerprint density at radius 3 is 2.85 bits per heavy atom. The number of imidazole rings is 1. The number of fused-ring (bicyclic) bond motifs is 2. The van der Waals surface area contributed by atoms with Crippen LogP contribution in [-0.2, 0) is 0 Å². The molecule has 0 spiro atoms. The van der Waals surface area contributed by atoms with E-state index in [-0.39, 0.29) is 5.82 Å². The minimum absolute atomic E-state index is 0.357. The van der Waals surface area contributed by atoms with E-state index in [1.165, 1.54) is 19.2 Å². The van der Waals surface area contributed by atoms with Crippen LogP contribution in [-0.4, -0.2) is 50.3 Å². The summed E-state index contributed by atoms with van der Waals surface area (Å²) in [7, 11) is 1.51. The molecule has 5 aromatic rings. The number of nitrogens with one attached hydrogen (secondary N) is 3.